The number of thioether (sulfide) groups is 1. The maximum absolute atomic E-state index is 11.0. The van der Waals surface area contributed by atoms with Gasteiger partial charge in [0.15, 0.2) is 0 Å². The Hall–Kier alpha value is -1.72. The predicted molar refractivity (Wildman–Crippen MR) is 83.7 cm³/mol. The van der Waals surface area contributed by atoms with Crippen molar-refractivity contribution in [2.75, 3.05) is 11.6 Å². The van der Waals surface area contributed by atoms with Crippen LogP contribution in [0, 0.1) is 10.1 Å². The summed E-state index contributed by atoms with van der Waals surface area (Å²) in [5, 5.41) is 14.6. The van der Waals surface area contributed by atoms with E-state index in [4.69, 9.17) is 11.6 Å². The summed E-state index contributed by atoms with van der Waals surface area (Å²) in [4.78, 5) is 11.7. The summed E-state index contributed by atoms with van der Waals surface area (Å²) < 4.78 is 0. The molecule has 0 aromatic heterocycles. The number of rotatable bonds is 5. The van der Waals surface area contributed by atoms with E-state index in [9.17, 15) is 10.1 Å². The first-order chi connectivity index (χ1) is 9.60. The second kappa shape index (κ2) is 6.63. The van der Waals surface area contributed by atoms with Crippen molar-refractivity contribution >= 4 is 34.7 Å². The van der Waals surface area contributed by atoms with Crippen LogP contribution >= 0.6 is 23.4 Å². The van der Waals surface area contributed by atoms with E-state index in [1.165, 1.54) is 12.1 Å². The van der Waals surface area contributed by atoms with E-state index < -0.39 is 4.92 Å². The summed E-state index contributed by atoms with van der Waals surface area (Å²) in [5.41, 5.74) is 1.56. The van der Waals surface area contributed by atoms with Gasteiger partial charge in [-0.3, -0.25) is 10.1 Å². The van der Waals surface area contributed by atoms with Crippen LogP contribution in [-0.2, 0) is 6.54 Å². The van der Waals surface area contributed by atoms with Crippen LogP contribution < -0.4 is 5.32 Å². The molecule has 6 heteroatoms. The van der Waals surface area contributed by atoms with Crippen LogP contribution in [0.5, 0.6) is 0 Å². The van der Waals surface area contributed by atoms with Crippen LogP contribution in [0.25, 0.3) is 0 Å². The molecule has 20 heavy (non-hydrogen) atoms. The van der Waals surface area contributed by atoms with Gasteiger partial charge < -0.3 is 5.32 Å². The lowest BCUT2D eigenvalue weighted by molar-refractivity contribution is -0.385. The van der Waals surface area contributed by atoms with Crippen LogP contribution in [-0.4, -0.2) is 11.2 Å². The van der Waals surface area contributed by atoms with Gasteiger partial charge in [-0.25, -0.2) is 0 Å². The van der Waals surface area contributed by atoms with Gasteiger partial charge in [-0.05, 0) is 36.6 Å². The SMILES string of the molecule is CSc1cccc(NCc2cc(Cl)ccc2[N+](=O)[O-])c1. The quantitative estimate of drug-likeness (QED) is 0.499. The molecule has 0 amide bonds. The molecule has 0 radical (unpaired) electrons. The molecule has 104 valence electrons. The van der Waals surface area contributed by atoms with E-state index in [1.807, 2.05) is 30.5 Å². The second-order valence-corrected chi connectivity index (χ2v) is 5.43. The van der Waals surface area contributed by atoms with Gasteiger partial charge >= 0.3 is 0 Å². The van der Waals surface area contributed by atoms with E-state index in [-0.39, 0.29) is 5.69 Å². The zero-order chi connectivity index (χ0) is 14.5. The lowest BCUT2D eigenvalue weighted by atomic mass is 10.1. The number of halogens is 1. The maximum atomic E-state index is 11.0. The first kappa shape index (κ1) is 14.7. The number of nitrogens with one attached hydrogen (secondary N) is 1. The Kier molecular flexibility index (Phi) is 4.87. The molecule has 0 fully saturated rings. The third kappa shape index (κ3) is 3.65. The molecule has 0 saturated carbocycles. The summed E-state index contributed by atoms with van der Waals surface area (Å²) in [6, 6.07) is 12.5. The maximum Gasteiger partial charge on any atom is 0.274 e. The van der Waals surface area contributed by atoms with Gasteiger partial charge in [-0.2, -0.15) is 0 Å². The molecular weight excluding hydrogens is 296 g/mol. The molecule has 2 rings (SSSR count). The number of benzene rings is 2. The topological polar surface area (TPSA) is 55.2 Å². The highest BCUT2D eigenvalue weighted by molar-refractivity contribution is 7.98. The summed E-state index contributed by atoms with van der Waals surface area (Å²) in [5.74, 6) is 0. The molecule has 0 aliphatic heterocycles. The fourth-order valence-electron chi connectivity index (χ4n) is 1.80. The van der Waals surface area contributed by atoms with E-state index in [0.29, 0.717) is 17.1 Å². The highest BCUT2D eigenvalue weighted by Crippen LogP contribution is 2.24. The van der Waals surface area contributed by atoms with Crippen molar-refractivity contribution in [2.24, 2.45) is 0 Å². The van der Waals surface area contributed by atoms with Crippen LogP contribution in [0.15, 0.2) is 47.4 Å². The summed E-state index contributed by atoms with van der Waals surface area (Å²) in [7, 11) is 0. The minimum absolute atomic E-state index is 0.0721. The molecule has 1 N–H and O–H groups in total. The highest BCUT2D eigenvalue weighted by Gasteiger charge is 2.13. The van der Waals surface area contributed by atoms with Crippen molar-refractivity contribution in [2.45, 2.75) is 11.4 Å². The molecule has 4 nitrogen and oxygen atoms in total. The van der Waals surface area contributed by atoms with Gasteiger partial charge in [0.25, 0.3) is 5.69 Å². The van der Waals surface area contributed by atoms with E-state index in [0.717, 1.165) is 10.6 Å². The van der Waals surface area contributed by atoms with Gasteiger partial charge in [0.2, 0.25) is 0 Å². The monoisotopic (exact) mass is 308 g/mol. The number of nitro benzene ring substituents is 1. The summed E-state index contributed by atoms with van der Waals surface area (Å²) in [6.07, 6.45) is 2.00. The minimum atomic E-state index is -0.397. The minimum Gasteiger partial charge on any atom is -0.381 e. The Balaban J connectivity index is 2.17. The van der Waals surface area contributed by atoms with Gasteiger partial charge in [0.05, 0.1) is 10.5 Å². The standard InChI is InChI=1S/C14H13ClN2O2S/c1-20-13-4-2-3-12(8-13)16-9-10-7-11(15)5-6-14(10)17(18)19/h2-8,16H,9H2,1H3. The third-order valence-corrected chi connectivity index (χ3v) is 3.75. The normalized spacial score (nSPS) is 10.3. The average molecular weight is 309 g/mol. The van der Waals surface area contributed by atoms with Crippen molar-refractivity contribution in [1.29, 1.82) is 0 Å². The van der Waals surface area contributed by atoms with Gasteiger partial charge in [-0.1, -0.05) is 17.7 Å². The lowest BCUT2D eigenvalue weighted by Gasteiger charge is -2.08. The number of hydrogen-bond acceptors (Lipinski definition) is 4. The van der Waals surface area contributed by atoms with Gasteiger partial charge in [0.1, 0.15) is 0 Å². The molecule has 0 heterocycles. The molecule has 0 saturated heterocycles. The Morgan fingerprint density at radius 2 is 2.10 bits per heavy atom. The number of nitro groups is 1. The largest absolute Gasteiger partial charge is 0.381 e. The van der Waals surface area contributed by atoms with Crippen LogP contribution in [0.3, 0.4) is 0 Å². The van der Waals surface area contributed by atoms with E-state index in [2.05, 4.69) is 5.32 Å². The zero-order valence-electron chi connectivity index (χ0n) is 10.8. The van der Waals surface area contributed by atoms with Crippen LogP contribution in [0.2, 0.25) is 5.02 Å². The summed E-state index contributed by atoms with van der Waals surface area (Å²) >= 11 is 7.54. The fraction of sp³-hybridized carbons (Fsp3) is 0.143. The molecule has 0 unspecified atom stereocenters. The van der Waals surface area contributed by atoms with E-state index >= 15 is 0 Å². The summed E-state index contributed by atoms with van der Waals surface area (Å²) in [6.45, 7) is 0.356. The predicted octanol–water partition coefficient (Wildman–Crippen LogP) is 4.58. The number of anilines is 1. The van der Waals surface area contributed by atoms with Crippen molar-refractivity contribution in [1.82, 2.24) is 0 Å². The molecule has 0 aliphatic carbocycles. The highest BCUT2D eigenvalue weighted by atomic mass is 35.5. The van der Waals surface area contributed by atoms with Crippen molar-refractivity contribution in [3.05, 3.63) is 63.2 Å². The fourth-order valence-corrected chi connectivity index (χ4v) is 2.46. The Bertz CT molecular complexity index is 634. The molecule has 2 aromatic carbocycles. The van der Waals surface area contributed by atoms with Crippen LogP contribution in [0.4, 0.5) is 11.4 Å². The van der Waals surface area contributed by atoms with Gasteiger partial charge in [-0.15, -0.1) is 11.8 Å². The Morgan fingerprint density at radius 3 is 2.80 bits per heavy atom. The van der Waals surface area contributed by atoms with Crippen molar-refractivity contribution in [3.63, 3.8) is 0 Å². The zero-order valence-corrected chi connectivity index (χ0v) is 12.4. The molecule has 0 bridgehead atoms. The van der Waals surface area contributed by atoms with Gasteiger partial charge in [0, 0.05) is 28.2 Å². The third-order valence-electron chi connectivity index (χ3n) is 2.79. The first-order valence-electron chi connectivity index (χ1n) is 5.91. The molecule has 0 spiro atoms. The van der Waals surface area contributed by atoms with E-state index in [1.54, 1.807) is 17.8 Å². The second-order valence-electron chi connectivity index (χ2n) is 4.12. The smallest absolute Gasteiger partial charge is 0.274 e. The molecule has 0 atom stereocenters. The van der Waals surface area contributed by atoms with Crippen molar-refractivity contribution in [3.8, 4) is 0 Å². The molecular formula is C14H13ClN2O2S. The average Bonchev–Trinajstić information content (AvgIpc) is 2.45. The first-order valence-corrected chi connectivity index (χ1v) is 7.51. The molecule has 0 aliphatic rings. The molecule has 2 aromatic rings. The van der Waals surface area contributed by atoms with Crippen molar-refractivity contribution < 1.29 is 4.92 Å². The number of hydrogen-bond donors (Lipinski definition) is 1. The van der Waals surface area contributed by atoms with Crippen LogP contribution in [0.1, 0.15) is 5.56 Å². The lowest BCUT2D eigenvalue weighted by Crippen LogP contribution is -2.03. The number of nitrogens with zero attached hydrogens (tertiary/aromatic N) is 1. The Morgan fingerprint density at radius 1 is 1.30 bits per heavy atom. The Labute approximate surface area is 126 Å².